The van der Waals surface area contributed by atoms with Gasteiger partial charge < -0.3 is 0 Å². The summed E-state index contributed by atoms with van der Waals surface area (Å²) >= 11 is 0. The van der Waals surface area contributed by atoms with Crippen molar-refractivity contribution in [2.24, 2.45) is 10.8 Å². The molecule has 1 saturated carbocycles. The van der Waals surface area contributed by atoms with Crippen LogP contribution in [-0.4, -0.2) is 0 Å². The molecule has 1 aliphatic rings. The maximum absolute atomic E-state index is 3.40. The average molecular weight is 124 g/mol. The minimum atomic E-state index is 0.479. The molecule has 0 aromatic carbocycles. The van der Waals surface area contributed by atoms with Gasteiger partial charge in [-0.3, -0.25) is 0 Å². The van der Waals surface area contributed by atoms with Gasteiger partial charge in [-0.05, 0) is 30.1 Å². The Morgan fingerprint density at radius 3 is 1.33 bits per heavy atom. The van der Waals surface area contributed by atoms with Gasteiger partial charge in [-0.25, -0.2) is 0 Å². The summed E-state index contributed by atoms with van der Waals surface area (Å²) in [5.74, 6) is 0. The third kappa shape index (κ3) is 0.997. The van der Waals surface area contributed by atoms with Crippen molar-refractivity contribution in [1.29, 1.82) is 0 Å². The molecule has 0 unspecified atom stereocenters. The quantitative estimate of drug-likeness (QED) is 0.466. The molecule has 0 bridgehead atoms. The zero-order valence-electron chi connectivity index (χ0n) is 6.91. The first kappa shape index (κ1) is 7.11. The van der Waals surface area contributed by atoms with Crippen molar-refractivity contribution in [3.63, 3.8) is 0 Å². The molecule has 0 nitrogen and oxygen atoms in total. The molecular formula is C9H16. The van der Waals surface area contributed by atoms with Crippen LogP contribution in [0.4, 0.5) is 0 Å². The minimum Gasteiger partial charge on any atom is -0.0594 e. The molecule has 9 heavy (non-hydrogen) atoms. The average Bonchev–Trinajstić information content (AvgIpc) is 1.81. The fourth-order valence-corrected chi connectivity index (χ4v) is 1.17. The summed E-state index contributed by atoms with van der Waals surface area (Å²) in [5.41, 5.74) is 0.958. The molecule has 2 radical (unpaired) electrons. The lowest BCUT2D eigenvalue weighted by molar-refractivity contribution is 0.157. The fraction of sp³-hybridized carbons (Fsp3) is 0.889. The summed E-state index contributed by atoms with van der Waals surface area (Å²) in [6.45, 7) is 9.31. The van der Waals surface area contributed by atoms with Crippen molar-refractivity contribution in [3.05, 3.63) is 6.42 Å². The third-order valence-electron chi connectivity index (χ3n) is 2.97. The van der Waals surface area contributed by atoms with Gasteiger partial charge in [0.15, 0.2) is 0 Å². The van der Waals surface area contributed by atoms with E-state index in [4.69, 9.17) is 0 Å². The van der Waals surface area contributed by atoms with Crippen LogP contribution in [0.15, 0.2) is 0 Å². The van der Waals surface area contributed by atoms with Gasteiger partial charge in [-0.2, -0.15) is 0 Å². The third-order valence-corrected chi connectivity index (χ3v) is 2.97. The molecule has 0 heteroatoms. The highest BCUT2D eigenvalue weighted by molar-refractivity contribution is 4.99. The molecule has 0 aromatic rings. The van der Waals surface area contributed by atoms with Gasteiger partial charge in [-0.15, -0.1) is 0 Å². The molecule has 0 aliphatic heterocycles. The van der Waals surface area contributed by atoms with E-state index in [-0.39, 0.29) is 0 Å². The molecule has 0 saturated heterocycles. The Hall–Kier alpha value is 0. The summed E-state index contributed by atoms with van der Waals surface area (Å²) < 4.78 is 0. The zero-order valence-corrected chi connectivity index (χ0v) is 6.91. The van der Waals surface area contributed by atoms with E-state index in [0.29, 0.717) is 10.8 Å². The van der Waals surface area contributed by atoms with Crippen molar-refractivity contribution < 1.29 is 0 Å². The first-order valence-electron chi connectivity index (χ1n) is 3.66. The molecular weight excluding hydrogens is 108 g/mol. The van der Waals surface area contributed by atoms with Crippen LogP contribution in [0.3, 0.4) is 0 Å². The van der Waals surface area contributed by atoms with E-state index in [1.165, 1.54) is 12.8 Å². The van der Waals surface area contributed by atoms with Gasteiger partial charge in [0.2, 0.25) is 0 Å². The van der Waals surface area contributed by atoms with Crippen LogP contribution in [0.1, 0.15) is 40.5 Å². The van der Waals surface area contributed by atoms with Crippen molar-refractivity contribution in [2.75, 3.05) is 0 Å². The maximum atomic E-state index is 3.40. The second-order valence-electron chi connectivity index (χ2n) is 4.37. The van der Waals surface area contributed by atoms with E-state index in [2.05, 4.69) is 34.1 Å². The van der Waals surface area contributed by atoms with Crippen LogP contribution in [0, 0.1) is 17.3 Å². The van der Waals surface area contributed by atoms with Gasteiger partial charge in [0.1, 0.15) is 0 Å². The number of hydrogen-bond acceptors (Lipinski definition) is 0. The first-order chi connectivity index (χ1) is 3.96. The SMILES string of the molecule is CC1(C)C[C]CC1(C)C. The van der Waals surface area contributed by atoms with Crippen molar-refractivity contribution in [2.45, 2.75) is 40.5 Å². The van der Waals surface area contributed by atoms with E-state index in [1.807, 2.05) is 0 Å². The molecule has 0 N–H and O–H groups in total. The smallest absolute Gasteiger partial charge is 0.0162 e. The Kier molecular flexibility index (Phi) is 1.38. The Balaban J connectivity index is 2.75. The summed E-state index contributed by atoms with van der Waals surface area (Å²) in [7, 11) is 0. The van der Waals surface area contributed by atoms with Gasteiger partial charge in [0, 0.05) is 0 Å². The number of rotatable bonds is 0. The molecule has 1 fully saturated rings. The number of hydrogen-bond donors (Lipinski definition) is 0. The molecule has 0 heterocycles. The largest absolute Gasteiger partial charge is 0.0594 e. The molecule has 1 rings (SSSR count). The standard InChI is InChI=1S/C9H16/c1-8(2)6-5-7-9(8,3)4/h6-7H2,1-4H3. The second-order valence-corrected chi connectivity index (χ2v) is 4.37. The van der Waals surface area contributed by atoms with E-state index in [9.17, 15) is 0 Å². The minimum absolute atomic E-state index is 0.479. The topological polar surface area (TPSA) is 0 Å². The zero-order chi connectivity index (χ0) is 7.12. The van der Waals surface area contributed by atoms with E-state index in [0.717, 1.165) is 0 Å². The van der Waals surface area contributed by atoms with Crippen LogP contribution in [0.2, 0.25) is 0 Å². The molecule has 0 amide bonds. The monoisotopic (exact) mass is 124 g/mol. The Morgan fingerprint density at radius 2 is 1.22 bits per heavy atom. The molecule has 0 atom stereocenters. The van der Waals surface area contributed by atoms with Gasteiger partial charge in [0.25, 0.3) is 0 Å². The van der Waals surface area contributed by atoms with Crippen LogP contribution >= 0.6 is 0 Å². The van der Waals surface area contributed by atoms with Gasteiger partial charge >= 0.3 is 0 Å². The summed E-state index contributed by atoms with van der Waals surface area (Å²) in [4.78, 5) is 0. The van der Waals surface area contributed by atoms with Gasteiger partial charge in [0.05, 0.1) is 0 Å². The summed E-state index contributed by atoms with van der Waals surface area (Å²) in [6, 6.07) is 0. The fourth-order valence-electron chi connectivity index (χ4n) is 1.17. The Morgan fingerprint density at radius 1 is 0.889 bits per heavy atom. The highest BCUT2D eigenvalue weighted by atomic mass is 14.5. The van der Waals surface area contributed by atoms with E-state index >= 15 is 0 Å². The van der Waals surface area contributed by atoms with E-state index in [1.54, 1.807) is 0 Å². The van der Waals surface area contributed by atoms with Crippen LogP contribution in [0.5, 0.6) is 0 Å². The summed E-state index contributed by atoms with van der Waals surface area (Å²) in [5, 5.41) is 0. The molecule has 0 spiro atoms. The van der Waals surface area contributed by atoms with Crippen LogP contribution in [-0.2, 0) is 0 Å². The predicted molar refractivity (Wildman–Crippen MR) is 40.0 cm³/mol. The molecule has 52 valence electrons. The lowest BCUT2D eigenvalue weighted by Gasteiger charge is -2.34. The Labute approximate surface area is 58.7 Å². The predicted octanol–water partition coefficient (Wildman–Crippen LogP) is 2.91. The molecule has 0 aromatic heterocycles. The highest BCUT2D eigenvalue weighted by Crippen LogP contribution is 2.51. The Bertz CT molecular complexity index is 95.2. The van der Waals surface area contributed by atoms with Crippen molar-refractivity contribution >= 4 is 0 Å². The highest BCUT2D eigenvalue weighted by Gasteiger charge is 2.41. The van der Waals surface area contributed by atoms with E-state index < -0.39 is 0 Å². The van der Waals surface area contributed by atoms with Crippen LogP contribution < -0.4 is 0 Å². The van der Waals surface area contributed by atoms with Crippen LogP contribution in [0.25, 0.3) is 0 Å². The second kappa shape index (κ2) is 1.74. The van der Waals surface area contributed by atoms with Gasteiger partial charge in [-0.1, -0.05) is 27.7 Å². The molecule has 1 aliphatic carbocycles. The van der Waals surface area contributed by atoms with Crippen molar-refractivity contribution in [1.82, 2.24) is 0 Å². The summed E-state index contributed by atoms with van der Waals surface area (Å²) in [6.07, 6.45) is 5.74. The lowest BCUT2D eigenvalue weighted by atomic mass is 9.71. The maximum Gasteiger partial charge on any atom is -0.0162 e. The first-order valence-corrected chi connectivity index (χ1v) is 3.66. The normalized spacial score (nSPS) is 30.7. The lowest BCUT2D eigenvalue weighted by Crippen LogP contribution is -2.25. The van der Waals surface area contributed by atoms with Crippen molar-refractivity contribution in [3.8, 4) is 0 Å².